The number of aromatic nitrogens is 2. The average molecular weight is 260 g/mol. The highest BCUT2D eigenvalue weighted by atomic mass is 16.5. The summed E-state index contributed by atoms with van der Waals surface area (Å²) in [5, 5.41) is 9.06. The lowest BCUT2D eigenvalue weighted by atomic mass is 10.1. The zero-order valence-electron chi connectivity index (χ0n) is 11.2. The fourth-order valence-electron chi connectivity index (χ4n) is 2.01. The van der Waals surface area contributed by atoms with Crippen molar-refractivity contribution in [3.63, 3.8) is 0 Å². The zero-order valence-corrected chi connectivity index (χ0v) is 11.2. The first-order valence-electron chi connectivity index (χ1n) is 6.00. The van der Waals surface area contributed by atoms with E-state index in [-0.39, 0.29) is 5.69 Å². The van der Waals surface area contributed by atoms with Gasteiger partial charge < -0.3 is 14.4 Å². The molecule has 2 aromatic rings. The van der Waals surface area contributed by atoms with E-state index < -0.39 is 5.97 Å². The molecule has 1 N–H and O–H groups in total. The summed E-state index contributed by atoms with van der Waals surface area (Å²) in [5.74, 6) is 0.277. The number of hydrogen-bond acceptors (Lipinski definition) is 3. The predicted octanol–water partition coefficient (Wildman–Crippen LogP) is 2.36. The number of aromatic carboxylic acids is 1. The van der Waals surface area contributed by atoms with Crippen LogP contribution in [-0.4, -0.2) is 27.7 Å². The lowest BCUT2D eigenvalue weighted by Gasteiger charge is -2.10. The Kier molecular flexibility index (Phi) is 3.55. The van der Waals surface area contributed by atoms with E-state index in [1.807, 2.05) is 18.2 Å². The van der Waals surface area contributed by atoms with E-state index in [0.29, 0.717) is 11.6 Å². The number of imidazole rings is 1. The summed E-state index contributed by atoms with van der Waals surface area (Å²) in [6.45, 7) is 2.06. The minimum absolute atomic E-state index is 0.152. The Morgan fingerprint density at radius 2 is 2.21 bits per heavy atom. The Balaban J connectivity index is 2.60. The summed E-state index contributed by atoms with van der Waals surface area (Å²) >= 11 is 0. The Bertz CT molecular complexity index is 617. The van der Waals surface area contributed by atoms with E-state index in [0.717, 1.165) is 17.5 Å². The summed E-state index contributed by atoms with van der Waals surface area (Å²) in [7, 11) is 3.27. The van der Waals surface area contributed by atoms with Crippen LogP contribution in [0.15, 0.2) is 24.4 Å². The molecule has 1 heterocycles. The van der Waals surface area contributed by atoms with Gasteiger partial charge in [0.2, 0.25) is 0 Å². The van der Waals surface area contributed by atoms with Gasteiger partial charge in [-0.3, -0.25) is 0 Å². The second kappa shape index (κ2) is 5.14. The number of ether oxygens (including phenoxy) is 1. The molecule has 0 unspecified atom stereocenters. The third-order valence-corrected chi connectivity index (χ3v) is 3.12. The average Bonchev–Trinajstić information content (AvgIpc) is 2.79. The normalized spacial score (nSPS) is 10.5. The molecule has 0 amide bonds. The number of hydrogen-bond donors (Lipinski definition) is 1. The first kappa shape index (κ1) is 13.1. The standard InChI is InChI=1S/C14H16N2O3/c1-4-9-5-6-12(19-3)10(7-9)13-15-8-11(14(17)18)16(13)2/h5-8H,4H2,1-3H3,(H,17,18). The summed E-state index contributed by atoms with van der Waals surface area (Å²) in [4.78, 5) is 15.2. The largest absolute Gasteiger partial charge is 0.496 e. The highest BCUT2D eigenvalue weighted by Crippen LogP contribution is 2.30. The SMILES string of the molecule is CCc1ccc(OC)c(-c2ncc(C(=O)O)n2C)c1. The molecule has 0 spiro atoms. The Labute approximate surface area is 111 Å². The van der Waals surface area contributed by atoms with Gasteiger partial charge in [0.1, 0.15) is 17.3 Å². The van der Waals surface area contributed by atoms with Crippen LogP contribution in [0, 0.1) is 0 Å². The Morgan fingerprint density at radius 3 is 2.74 bits per heavy atom. The van der Waals surface area contributed by atoms with Crippen LogP contribution in [0.1, 0.15) is 23.0 Å². The highest BCUT2D eigenvalue weighted by Gasteiger charge is 2.17. The number of carboxylic acid groups (broad SMARTS) is 1. The van der Waals surface area contributed by atoms with Gasteiger partial charge in [0.25, 0.3) is 0 Å². The van der Waals surface area contributed by atoms with Gasteiger partial charge in [0, 0.05) is 7.05 Å². The lowest BCUT2D eigenvalue weighted by molar-refractivity contribution is 0.0686. The summed E-state index contributed by atoms with van der Waals surface area (Å²) in [6.07, 6.45) is 2.25. The minimum atomic E-state index is -0.994. The molecule has 0 atom stereocenters. The fourth-order valence-corrected chi connectivity index (χ4v) is 2.01. The molecule has 1 aromatic heterocycles. The van der Waals surface area contributed by atoms with Crippen molar-refractivity contribution in [1.29, 1.82) is 0 Å². The maximum atomic E-state index is 11.1. The number of nitrogens with zero attached hydrogens (tertiary/aromatic N) is 2. The zero-order chi connectivity index (χ0) is 14.0. The molecule has 0 radical (unpaired) electrons. The molecule has 19 heavy (non-hydrogen) atoms. The summed E-state index contributed by atoms with van der Waals surface area (Å²) in [6, 6.07) is 5.85. The molecule has 0 aliphatic heterocycles. The van der Waals surface area contributed by atoms with Crippen LogP contribution in [-0.2, 0) is 13.5 Å². The van der Waals surface area contributed by atoms with E-state index in [9.17, 15) is 4.79 Å². The predicted molar refractivity (Wildman–Crippen MR) is 71.5 cm³/mol. The molecular formula is C14H16N2O3. The summed E-state index contributed by atoms with van der Waals surface area (Å²) < 4.78 is 6.88. The van der Waals surface area contributed by atoms with Crippen molar-refractivity contribution in [2.75, 3.05) is 7.11 Å². The Hall–Kier alpha value is -2.30. The van der Waals surface area contributed by atoms with Gasteiger partial charge in [-0.2, -0.15) is 0 Å². The van der Waals surface area contributed by atoms with Gasteiger partial charge in [-0.1, -0.05) is 13.0 Å². The van der Waals surface area contributed by atoms with Crippen molar-refractivity contribution in [3.8, 4) is 17.1 Å². The van der Waals surface area contributed by atoms with Crippen molar-refractivity contribution in [2.45, 2.75) is 13.3 Å². The topological polar surface area (TPSA) is 64.3 Å². The molecule has 0 bridgehead atoms. The van der Waals surface area contributed by atoms with Gasteiger partial charge in [-0.15, -0.1) is 0 Å². The van der Waals surface area contributed by atoms with Crippen LogP contribution in [0.4, 0.5) is 0 Å². The van der Waals surface area contributed by atoms with E-state index in [1.54, 1.807) is 18.7 Å². The number of carboxylic acids is 1. The van der Waals surface area contributed by atoms with Crippen molar-refractivity contribution < 1.29 is 14.6 Å². The number of methoxy groups -OCH3 is 1. The number of benzene rings is 1. The number of rotatable bonds is 4. The minimum Gasteiger partial charge on any atom is -0.496 e. The van der Waals surface area contributed by atoms with Crippen LogP contribution in [0.5, 0.6) is 5.75 Å². The third-order valence-electron chi connectivity index (χ3n) is 3.12. The number of carbonyl (C=O) groups is 1. The molecule has 0 saturated carbocycles. The van der Waals surface area contributed by atoms with Crippen LogP contribution in [0.25, 0.3) is 11.4 Å². The maximum absolute atomic E-state index is 11.1. The van der Waals surface area contributed by atoms with E-state index >= 15 is 0 Å². The third kappa shape index (κ3) is 2.31. The van der Waals surface area contributed by atoms with Crippen molar-refractivity contribution in [1.82, 2.24) is 9.55 Å². The van der Waals surface area contributed by atoms with Crippen molar-refractivity contribution in [2.24, 2.45) is 7.05 Å². The molecule has 1 aromatic carbocycles. The maximum Gasteiger partial charge on any atom is 0.354 e. The quantitative estimate of drug-likeness (QED) is 0.916. The lowest BCUT2D eigenvalue weighted by Crippen LogP contribution is -2.05. The molecule has 0 aliphatic rings. The summed E-state index contributed by atoms with van der Waals surface area (Å²) in [5.41, 5.74) is 2.10. The van der Waals surface area contributed by atoms with Crippen LogP contribution >= 0.6 is 0 Å². The Morgan fingerprint density at radius 1 is 1.47 bits per heavy atom. The van der Waals surface area contributed by atoms with E-state index in [4.69, 9.17) is 9.84 Å². The second-order valence-corrected chi connectivity index (χ2v) is 4.22. The number of aryl methyl sites for hydroxylation is 1. The smallest absolute Gasteiger partial charge is 0.354 e. The molecule has 0 aliphatic carbocycles. The molecule has 0 fully saturated rings. The van der Waals surface area contributed by atoms with E-state index in [2.05, 4.69) is 11.9 Å². The van der Waals surface area contributed by atoms with Crippen molar-refractivity contribution >= 4 is 5.97 Å². The van der Waals surface area contributed by atoms with Crippen molar-refractivity contribution in [3.05, 3.63) is 35.7 Å². The van der Waals surface area contributed by atoms with Crippen LogP contribution < -0.4 is 4.74 Å². The van der Waals surface area contributed by atoms with Gasteiger partial charge in [-0.25, -0.2) is 9.78 Å². The van der Waals surface area contributed by atoms with Crippen LogP contribution in [0.2, 0.25) is 0 Å². The van der Waals surface area contributed by atoms with Crippen LogP contribution in [0.3, 0.4) is 0 Å². The van der Waals surface area contributed by atoms with Gasteiger partial charge in [-0.05, 0) is 24.1 Å². The molecule has 5 heteroatoms. The van der Waals surface area contributed by atoms with Gasteiger partial charge in [0.05, 0.1) is 18.9 Å². The van der Waals surface area contributed by atoms with Gasteiger partial charge in [0.15, 0.2) is 0 Å². The molecule has 0 saturated heterocycles. The second-order valence-electron chi connectivity index (χ2n) is 4.22. The van der Waals surface area contributed by atoms with E-state index in [1.165, 1.54) is 6.20 Å². The molecule has 5 nitrogen and oxygen atoms in total. The molecular weight excluding hydrogens is 244 g/mol. The monoisotopic (exact) mass is 260 g/mol. The molecule has 100 valence electrons. The van der Waals surface area contributed by atoms with Gasteiger partial charge >= 0.3 is 5.97 Å². The first-order valence-corrected chi connectivity index (χ1v) is 6.00. The fraction of sp³-hybridized carbons (Fsp3) is 0.286. The molecule has 2 rings (SSSR count). The highest BCUT2D eigenvalue weighted by molar-refractivity contribution is 5.86. The first-order chi connectivity index (χ1) is 9.08.